The second kappa shape index (κ2) is 4.97. The van der Waals surface area contributed by atoms with Crippen LogP contribution < -0.4 is 0 Å². The Kier molecular flexibility index (Phi) is 2.77. The van der Waals surface area contributed by atoms with E-state index in [9.17, 15) is 0 Å². The summed E-state index contributed by atoms with van der Waals surface area (Å²) in [5.74, 6) is 0. The first kappa shape index (κ1) is 13.4. The average Bonchev–Trinajstić information content (AvgIpc) is 2.99. The van der Waals surface area contributed by atoms with Crippen LogP contribution in [0.4, 0.5) is 0 Å². The van der Waals surface area contributed by atoms with E-state index in [1.165, 1.54) is 43.8 Å². The molecule has 0 amide bonds. The van der Waals surface area contributed by atoms with Crippen LogP contribution in [0.3, 0.4) is 0 Å². The van der Waals surface area contributed by atoms with Gasteiger partial charge in [-0.05, 0) is 47.5 Å². The lowest BCUT2D eigenvalue weighted by atomic mass is 10.0. The van der Waals surface area contributed by atoms with Crippen molar-refractivity contribution in [1.29, 1.82) is 0 Å². The molecule has 0 unspecified atom stereocenters. The highest BCUT2D eigenvalue weighted by molar-refractivity contribution is 6.22. The lowest BCUT2D eigenvalue weighted by Gasteiger charge is -2.10. The minimum absolute atomic E-state index is 1.21. The Bertz CT molecular complexity index is 1200. The maximum Gasteiger partial charge on any atom is 0.0576 e. The SMILES string of the molecule is Cc1cc2ccccc2c2c3ccccc3n(-c3ccccc3)c12. The van der Waals surface area contributed by atoms with E-state index in [0.29, 0.717) is 0 Å². The molecular formula is C23H17N. The summed E-state index contributed by atoms with van der Waals surface area (Å²) in [5.41, 5.74) is 5.09. The Labute approximate surface area is 140 Å². The van der Waals surface area contributed by atoms with Crippen molar-refractivity contribution in [2.45, 2.75) is 6.92 Å². The number of para-hydroxylation sites is 2. The first-order chi connectivity index (χ1) is 11.8. The largest absolute Gasteiger partial charge is 0.309 e. The number of benzene rings is 4. The molecule has 114 valence electrons. The first-order valence-electron chi connectivity index (χ1n) is 8.31. The number of hydrogen-bond acceptors (Lipinski definition) is 0. The highest BCUT2D eigenvalue weighted by Crippen LogP contribution is 2.38. The molecule has 0 spiro atoms. The van der Waals surface area contributed by atoms with Gasteiger partial charge in [0.05, 0.1) is 11.0 Å². The Hall–Kier alpha value is -3.06. The van der Waals surface area contributed by atoms with Crippen LogP contribution in [-0.4, -0.2) is 4.57 Å². The van der Waals surface area contributed by atoms with Crippen molar-refractivity contribution < 1.29 is 0 Å². The van der Waals surface area contributed by atoms with Crippen LogP contribution in [0.1, 0.15) is 5.56 Å². The fourth-order valence-corrected chi connectivity index (χ4v) is 3.88. The van der Waals surface area contributed by atoms with E-state index in [-0.39, 0.29) is 0 Å². The van der Waals surface area contributed by atoms with E-state index in [2.05, 4.69) is 96.4 Å². The van der Waals surface area contributed by atoms with Crippen LogP contribution in [0.2, 0.25) is 0 Å². The summed E-state index contributed by atoms with van der Waals surface area (Å²) in [4.78, 5) is 0. The molecule has 0 N–H and O–H groups in total. The number of nitrogens with zero attached hydrogens (tertiary/aromatic N) is 1. The van der Waals surface area contributed by atoms with E-state index >= 15 is 0 Å². The van der Waals surface area contributed by atoms with Gasteiger partial charge in [-0.15, -0.1) is 0 Å². The Morgan fingerprint density at radius 3 is 2.17 bits per heavy atom. The van der Waals surface area contributed by atoms with Gasteiger partial charge in [-0.1, -0.05) is 60.7 Å². The third kappa shape index (κ3) is 1.75. The van der Waals surface area contributed by atoms with Gasteiger partial charge >= 0.3 is 0 Å². The zero-order chi connectivity index (χ0) is 16.1. The quantitative estimate of drug-likeness (QED) is 0.345. The number of aryl methyl sites for hydroxylation is 1. The standard InChI is InChI=1S/C23H17N/c1-16-15-17-9-5-6-12-19(17)22-20-13-7-8-14-21(20)24(23(16)22)18-10-3-2-4-11-18/h2-15H,1H3. The number of rotatable bonds is 1. The predicted molar refractivity (Wildman–Crippen MR) is 103 cm³/mol. The second-order valence-electron chi connectivity index (χ2n) is 6.33. The summed E-state index contributed by atoms with van der Waals surface area (Å²) >= 11 is 0. The molecule has 1 nitrogen and oxygen atoms in total. The van der Waals surface area contributed by atoms with Crippen molar-refractivity contribution in [2.24, 2.45) is 0 Å². The third-order valence-electron chi connectivity index (χ3n) is 4.86. The van der Waals surface area contributed by atoms with E-state index in [1.807, 2.05) is 0 Å². The zero-order valence-corrected chi connectivity index (χ0v) is 13.5. The molecule has 5 aromatic rings. The fraction of sp³-hybridized carbons (Fsp3) is 0.0435. The zero-order valence-electron chi connectivity index (χ0n) is 13.5. The van der Waals surface area contributed by atoms with Crippen LogP contribution in [0.5, 0.6) is 0 Å². The molecule has 0 aliphatic rings. The van der Waals surface area contributed by atoms with Gasteiger partial charge < -0.3 is 4.57 Å². The van der Waals surface area contributed by atoms with E-state index in [1.54, 1.807) is 0 Å². The van der Waals surface area contributed by atoms with Gasteiger partial charge in [0.1, 0.15) is 0 Å². The van der Waals surface area contributed by atoms with Gasteiger partial charge in [0, 0.05) is 16.5 Å². The van der Waals surface area contributed by atoms with E-state index in [0.717, 1.165) is 0 Å². The minimum Gasteiger partial charge on any atom is -0.309 e. The number of fused-ring (bicyclic) bond motifs is 5. The van der Waals surface area contributed by atoms with Crippen molar-refractivity contribution in [2.75, 3.05) is 0 Å². The molecule has 0 atom stereocenters. The molecule has 0 saturated heterocycles. The molecule has 1 heteroatoms. The molecule has 0 aliphatic carbocycles. The Morgan fingerprint density at radius 2 is 1.33 bits per heavy atom. The Morgan fingerprint density at radius 1 is 0.667 bits per heavy atom. The van der Waals surface area contributed by atoms with Crippen LogP contribution in [-0.2, 0) is 0 Å². The molecule has 5 rings (SSSR count). The highest BCUT2D eigenvalue weighted by Gasteiger charge is 2.16. The fourth-order valence-electron chi connectivity index (χ4n) is 3.88. The molecule has 24 heavy (non-hydrogen) atoms. The molecule has 0 fully saturated rings. The third-order valence-corrected chi connectivity index (χ3v) is 4.86. The maximum absolute atomic E-state index is 2.40. The van der Waals surface area contributed by atoms with Crippen LogP contribution in [0.25, 0.3) is 38.3 Å². The molecule has 0 saturated carbocycles. The monoisotopic (exact) mass is 307 g/mol. The summed E-state index contributed by atoms with van der Waals surface area (Å²) in [5, 5.41) is 5.30. The van der Waals surface area contributed by atoms with Crippen molar-refractivity contribution in [1.82, 2.24) is 4.57 Å². The second-order valence-corrected chi connectivity index (χ2v) is 6.33. The van der Waals surface area contributed by atoms with Gasteiger partial charge in [-0.25, -0.2) is 0 Å². The lowest BCUT2D eigenvalue weighted by molar-refractivity contribution is 1.17. The molecule has 0 radical (unpaired) electrons. The molecule has 4 aromatic carbocycles. The van der Waals surface area contributed by atoms with Crippen LogP contribution in [0, 0.1) is 6.92 Å². The summed E-state index contributed by atoms with van der Waals surface area (Å²) < 4.78 is 2.40. The normalized spacial score (nSPS) is 11.5. The number of hydrogen-bond donors (Lipinski definition) is 0. The molecular weight excluding hydrogens is 290 g/mol. The van der Waals surface area contributed by atoms with E-state index < -0.39 is 0 Å². The molecule has 0 bridgehead atoms. The van der Waals surface area contributed by atoms with Crippen LogP contribution in [0.15, 0.2) is 84.9 Å². The van der Waals surface area contributed by atoms with Gasteiger partial charge in [0.15, 0.2) is 0 Å². The lowest BCUT2D eigenvalue weighted by Crippen LogP contribution is -1.94. The molecule has 1 aromatic heterocycles. The van der Waals surface area contributed by atoms with E-state index in [4.69, 9.17) is 0 Å². The van der Waals surface area contributed by atoms with Crippen molar-refractivity contribution in [3.05, 3.63) is 90.5 Å². The molecule has 0 aliphatic heterocycles. The van der Waals surface area contributed by atoms with Gasteiger partial charge in [0.25, 0.3) is 0 Å². The highest BCUT2D eigenvalue weighted by atomic mass is 15.0. The summed E-state index contributed by atoms with van der Waals surface area (Å²) in [6.07, 6.45) is 0. The van der Waals surface area contributed by atoms with Crippen LogP contribution >= 0.6 is 0 Å². The van der Waals surface area contributed by atoms with Crippen molar-refractivity contribution in [3.8, 4) is 5.69 Å². The summed E-state index contributed by atoms with van der Waals surface area (Å²) in [6, 6.07) is 30.3. The summed E-state index contributed by atoms with van der Waals surface area (Å²) in [7, 11) is 0. The van der Waals surface area contributed by atoms with Crippen molar-refractivity contribution >= 4 is 32.6 Å². The first-order valence-corrected chi connectivity index (χ1v) is 8.31. The Balaban J connectivity index is 2.11. The van der Waals surface area contributed by atoms with Gasteiger partial charge in [-0.2, -0.15) is 0 Å². The molecule has 1 heterocycles. The van der Waals surface area contributed by atoms with Gasteiger partial charge in [-0.3, -0.25) is 0 Å². The average molecular weight is 307 g/mol. The smallest absolute Gasteiger partial charge is 0.0576 e. The maximum atomic E-state index is 2.40. The van der Waals surface area contributed by atoms with Crippen molar-refractivity contribution in [3.63, 3.8) is 0 Å². The predicted octanol–water partition coefficient (Wildman–Crippen LogP) is 6.25. The topological polar surface area (TPSA) is 4.93 Å². The number of aromatic nitrogens is 1. The minimum atomic E-state index is 1.21. The summed E-state index contributed by atoms with van der Waals surface area (Å²) in [6.45, 7) is 2.22. The van der Waals surface area contributed by atoms with Gasteiger partial charge in [0.2, 0.25) is 0 Å².